The number of pyridine rings is 1. The van der Waals surface area contributed by atoms with Crippen molar-refractivity contribution in [3.8, 4) is 6.07 Å². The molecule has 2 aliphatic rings. The molecule has 3 nitrogen and oxygen atoms in total. The third-order valence-electron chi connectivity index (χ3n) is 3.62. The fourth-order valence-electron chi connectivity index (χ4n) is 2.42. The summed E-state index contributed by atoms with van der Waals surface area (Å²) in [6.45, 7) is 2.30. The van der Waals surface area contributed by atoms with Gasteiger partial charge in [0.1, 0.15) is 11.8 Å². The summed E-state index contributed by atoms with van der Waals surface area (Å²) < 4.78 is 0. The van der Waals surface area contributed by atoms with Gasteiger partial charge in [0.2, 0.25) is 0 Å². The van der Waals surface area contributed by atoms with Crippen molar-refractivity contribution in [1.29, 1.82) is 5.26 Å². The minimum Gasteiger partial charge on any atom is -0.371 e. The van der Waals surface area contributed by atoms with Crippen molar-refractivity contribution in [3.63, 3.8) is 0 Å². The first-order valence-corrected chi connectivity index (χ1v) is 5.43. The zero-order valence-electron chi connectivity index (χ0n) is 8.61. The highest BCUT2D eigenvalue weighted by Crippen LogP contribution is 2.53. The molecule has 1 saturated carbocycles. The Labute approximate surface area is 89.3 Å². The molecular formula is C12H13N3. The SMILES string of the molecule is N#Cc1cc(N2CCC3(CC3)C2)ccn1. The maximum absolute atomic E-state index is 8.79. The van der Waals surface area contributed by atoms with Crippen LogP contribution in [0.2, 0.25) is 0 Å². The molecule has 1 aliphatic carbocycles. The predicted molar refractivity (Wildman–Crippen MR) is 57.4 cm³/mol. The van der Waals surface area contributed by atoms with E-state index < -0.39 is 0 Å². The van der Waals surface area contributed by atoms with Crippen molar-refractivity contribution < 1.29 is 0 Å². The monoisotopic (exact) mass is 199 g/mol. The van der Waals surface area contributed by atoms with Crippen LogP contribution in [-0.4, -0.2) is 18.1 Å². The van der Waals surface area contributed by atoms with Crippen LogP contribution in [-0.2, 0) is 0 Å². The van der Waals surface area contributed by atoms with E-state index in [0.717, 1.165) is 12.2 Å². The van der Waals surface area contributed by atoms with Crippen molar-refractivity contribution in [2.45, 2.75) is 19.3 Å². The molecule has 1 aromatic heterocycles. The van der Waals surface area contributed by atoms with Crippen LogP contribution in [0.25, 0.3) is 0 Å². The number of nitrogens with zero attached hydrogens (tertiary/aromatic N) is 3. The van der Waals surface area contributed by atoms with Gasteiger partial charge in [0.25, 0.3) is 0 Å². The van der Waals surface area contributed by atoms with Crippen LogP contribution in [0.3, 0.4) is 0 Å². The van der Waals surface area contributed by atoms with Crippen molar-refractivity contribution in [2.24, 2.45) is 5.41 Å². The molecule has 1 aliphatic heterocycles. The van der Waals surface area contributed by atoms with Gasteiger partial charge in [-0.25, -0.2) is 4.98 Å². The van der Waals surface area contributed by atoms with Gasteiger partial charge in [-0.3, -0.25) is 0 Å². The van der Waals surface area contributed by atoms with Crippen molar-refractivity contribution >= 4 is 5.69 Å². The van der Waals surface area contributed by atoms with E-state index in [9.17, 15) is 0 Å². The number of hydrogen-bond donors (Lipinski definition) is 0. The van der Waals surface area contributed by atoms with Gasteiger partial charge in [-0.15, -0.1) is 0 Å². The Morgan fingerprint density at radius 2 is 2.27 bits per heavy atom. The Kier molecular flexibility index (Phi) is 1.72. The van der Waals surface area contributed by atoms with E-state index in [2.05, 4.69) is 16.0 Å². The number of hydrogen-bond acceptors (Lipinski definition) is 3. The van der Waals surface area contributed by atoms with E-state index in [-0.39, 0.29) is 0 Å². The Bertz CT molecular complexity index is 429. The Morgan fingerprint density at radius 3 is 2.93 bits per heavy atom. The quantitative estimate of drug-likeness (QED) is 0.694. The smallest absolute Gasteiger partial charge is 0.142 e. The Hall–Kier alpha value is -1.56. The fraction of sp³-hybridized carbons (Fsp3) is 0.500. The standard InChI is InChI=1S/C12H13N3/c13-8-10-7-11(1-5-14-10)15-6-4-12(9-15)2-3-12/h1,5,7H,2-4,6,9H2. The summed E-state index contributed by atoms with van der Waals surface area (Å²) in [5.74, 6) is 0. The Balaban J connectivity index is 1.84. The van der Waals surface area contributed by atoms with Gasteiger partial charge < -0.3 is 4.90 Å². The second-order valence-electron chi connectivity index (χ2n) is 4.68. The second-order valence-corrected chi connectivity index (χ2v) is 4.68. The predicted octanol–water partition coefficient (Wildman–Crippen LogP) is 1.94. The van der Waals surface area contributed by atoms with E-state index in [1.165, 1.54) is 25.8 Å². The zero-order chi connectivity index (χ0) is 10.3. The van der Waals surface area contributed by atoms with Gasteiger partial charge in [-0.1, -0.05) is 0 Å². The number of anilines is 1. The molecule has 1 spiro atoms. The lowest BCUT2D eigenvalue weighted by atomic mass is 10.1. The van der Waals surface area contributed by atoms with E-state index >= 15 is 0 Å². The lowest BCUT2D eigenvalue weighted by Gasteiger charge is -2.18. The van der Waals surface area contributed by atoms with Crippen LogP contribution in [0.5, 0.6) is 0 Å². The van der Waals surface area contributed by atoms with Crippen molar-refractivity contribution in [2.75, 3.05) is 18.0 Å². The normalized spacial score (nSPS) is 21.7. The molecule has 76 valence electrons. The maximum Gasteiger partial charge on any atom is 0.142 e. The molecule has 3 rings (SSSR count). The molecular weight excluding hydrogens is 186 g/mol. The van der Waals surface area contributed by atoms with E-state index in [1.54, 1.807) is 6.20 Å². The first kappa shape index (κ1) is 8.72. The van der Waals surface area contributed by atoms with Crippen LogP contribution >= 0.6 is 0 Å². The third kappa shape index (κ3) is 1.46. The minimum absolute atomic E-state index is 0.518. The molecule has 1 aromatic rings. The van der Waals surface area contributed by atoms with Gasteiger partial charge in [-0.2, -0.15) is 5.26 Å². The summed E-state index contributed by atoms with van der Waals surface area (Å²) in [6, 6.07) is 5.98. The average molecular weight is 199 g/mol. The molecule has 2 heterocycles. The van der Waals surface area contributed by atoms with E-state index in [4.69, 9.17) is 5.26 Å². The van der Waals surface area contributed by atoms with Gasteiger partial charge in [0.15, 0.2) is 0 Å². The zero-order valence-corrected chi connectivity index (χ0v) is 8.61. The van der Waals surface area contributed by atoms with Gasteiger partial charge in [0, 0.05) is 25.0 Å². The molecule has 3 heteroatoms. The van der Waals surface area contributed by atoms with Crippen LogP contribution in [0.15, 0.2) is 18.3 Å². The summed E-state index contributed by atoms with van der Waals surface area (Å²) in [5, 5.41) is 8.79. The van der Waals surface area contributed by atoms with Crippen LogP contribution in [0.1, 0.15) is 25.0 Å². The molecule has 2 fully saturated rings. The number of nitriles is 1. The first-order valence-electron chi connectivity index (χ1n) is 5.43. The first-order chi connectivity index (χ1) is 7.31. The van der Waals surface area contributed by atoms with Crippen molar-refractivity contribution in [1.82, 2.24) is 4.98 Å². The molecule has 0 unspecified atom stereocenters. The summed E-state index contributed by atoms with van der Waals surface area (Å²) in [5.41, 5.74) is 2.31. The van der Waals surface area contributed by atoms with Crippen LogP contribution in [0.4, 0.5) is 5.69 Å². The van der Waals surface area contributed by atoms with E-state index in [0.29, 0.717) is 11.1 Å². The summed E-state index contributed by atoms with van der Waals surface area (Å²) >= 11 is 0. The van der Waals surface area contributed by atoms with Gasteiger partial charge in [-0.05, 0) is 36.8 Å². The van der Waals surface area contributed by atoms with Gasteiger partial charge >= 0.3 is 0 Å². The largest absolute Gasteiger partial charge is 0.371 e. The average Bonchev–Trinajstić information content (AvgIpc) is 2.89. The highest BCUT2D eigenvalue weighted by Gasteiger charge is 2.47. The lowest BCUT2D eigenvalue weighted by Crippen LogP contribution is -2.20. The molecule has 0 bridgehead atoms. The molecule has 15 heavy (non-hydrogen) atoms. The topological polar surface area (TPSA) is 39.9 Å². The van der Waals surface area contributed by atoms with Crippen LogP contribution in [0, 0.1) is 16.7 Å². The molecule has 0 amide bonds. The number of rotatable bonds is 1. The van der Waals surface area contributed by atoms with Gasteiger partial charge in [0.05, 0.1) is 0 Å². The number of aromatic nitrogens is 1. The third-order valence-corrected chi connectivity index (χ3v) is 3.62. The molecule has 0 atom stereocenters. The van der Waals surface area contributed by atoms with E-state index in [1.807, 2.05) is 12.1 Å². The Morgan fingerprint density at radius 1 is 1.40 bits per heavy atom. The van der Waals surface area contributed by atoms with Crippen molar-refractivity contribution in [3.05, 3.63) is 24.0 Å². The maximum atomic E-state index is 8.79. The molecule has 0 radical (unpaired) electrons. The summed E-state index contributed by atoms with van der Waals surface area (Å²) in [7, 11) is 0. The minimum atomic E-state index is 0.518. The summed E-state index contributed by atoms with van der Waals surface area (Å²) in [6.07, 6.45) is 5.82. The lowest BCUT2D eigenvalue weighted by molar-refractivity contribution is 0.581. The summed E-state index contributed by atoms with van der Waals surface area (Å²) in [4.78, 5) is 6.38. The molecule has 0 aromatic carbocycles. The highest BCUT2D eigenvalue weighted by atomic mass is 15.2. The molecule has 1 saturated heterocycles. The van der Waals surface area contributed by atoms with Crippen LogP contribution < -0.4 is 4.90 Å². The second kappa shape index (κ2) is 2.96. The molecule has 0 N–H and O–H groups in total. The fourth-order valence-corrected chi connectivity index (χ4v) is 2.42. The highest BCUT2D eigenvalue weighted by molar-refractivity contribution is 5.50.